The Morgan fingerprint density at radius 1 is 1.08 bits per heavy atom. The van der Waals surface area contributed by atoms with Crippen LogP contribution < -0.4 is 10.9 Å². The minimum absolute atomic E-state index is 0.0337. The highest BCUT2D eigenvalue weighted by Crippen LogP contribution is 2.35. The number of halogens is 1. The van der Waals surface area contributed by atoms with Crippen LogP contribution in [0.1, 0.15) is 18.0 Å². The molecule has 3 heterocycles. The molecule has 2 aliphatic rings. The molecule has 24 heavy (non-hydrogen) atoms. The molecule has 1 N–H and O–H groups in total. The molecule has 0 aliphatic carbocycles. The molecule has 124 valence electrons. The lowest BCUT2D eigenvalue weighted by Crippen LogP contribution is -2.50. The molecule has 6 heteroatoms. The monoisotopic (exact) mass is 327 g/mol. The number of carbonyl (C=O) groups is 1. The van der Waals surface area contributed by atoms with Crippen LogP contribution in [0.3, 0.4) is 0 Å². The number of carbonyl (C=O) groups excluding carboxylic acids is 1. The second kappa shape index (κ2) is 5.78. The maximum atomic E-state index is 13.0. The minimum Gasteiger partial charge on any atom is -0.324 e. The van der Waals surface area contributed by atoms with Crippen LogP contribution in [-0.2, 0) is 6.54 Å². The number of aromatic nitrogens is 1. The number of rotatable bonds is 1. The highest BCUT2D eigenvalue weighted by molar-refractivity contribution is 5.89. The molecular formula is C18H18FN3O2. The zero-order chi connectivity index (χ0) is 16.7. The Balaban J connectivity index is 1.52. The molecule has 0 radical (unpaired) electrons. The number of pyridine rings is 1. The quantitative estimate of drug-likeness (QED) is 0.875. The van der Waals surface area contributed by atoms with Gasteiger partial charge in [-0.25, -0.2) is 9.18 Å². The first-order chi connectivity index (χ1) is 11.6. The zero-order valence-electron chi connectivity index (χ0n) is 13.1. The maximum Gasteiger partial charge on any atom is 0.321 e. The fourth-order valence-electron chi connectivity index (χ4n) is 3.80. The van der Waals surface area contributed by atoms with Gasteiger partial charge < -0.3 is 14.8 Å². The number of nitrogens with zero attached hydrogens (tertiary/aromatic N) is 2. The number of hydrogen-bond acceptors (Lipinski definition) is 2. The minimum atomic E-state index is -0.331. The van der Waals surface area contributed by atoms with E-state index in [9.17, 15) is 14.0 Å². The number of benzene rings is 1. The third-order valence-corrected chi connectivity index (χ3v) is 4.86. The summed E-state index contributed by atoms with van der Waals surface area (Å²) in [5, 5.41) is 2.82. The van der Waals surface area contributed by atoms with Crippen LogP contribution in [-0.4, -0.2) is 28.6 Å². The first-order valence-corrected chi connectivity index (χ1v) is 8.11. The summed E-state index contributed by atoms with van der Waals surface area (Å²) in [4.78, 5) is 26.3. The normalized spacial score (nSPS) is 22.0. The number of nitrogens with one attached hydrogen (secondary N) is 1. The topological polar surface area (TPSA) is 54.3 Å². The number of fused-ring (bicyclic) bond motifs is 4. The van der Waals surface area contributed by atoms with Crippen LogP contribution in [0.15, 0.2) is 47.3 Å². The Morgan fingerprint density at radius 2 is 1.88 bits per heavy atom. The number of amides is 2. The van der Waals surface area contributed by atoms with Crippen molar-refractivity contribution < 1.29 is 9.18 Å². The van der Waals surface area contributed by atoms with Crippen molar-refractivity contribution in [1.82, 2.24) is 9.47 Å². The maximum absolute atomic E-state index is 13.0. The highest BCUT2D eigenvalue weighted by Gasteiger charge is 2.36. The Bertz CT molecular complexity index is 831. The van der Waals surface area contributed by atoms with E-state index < -0.39 is 0 Å². The van der Waals surface area contributed by atoms with Gasteiger partial charge in [-0.3, -0.25) is 4.79 Å². The molecule has 1 saturated heterocycles. The fraction of sp³-hybridized carbons (Fsp3) is 0.333. The molecule has 1 aromatic carbocycles. The summed E-state index contributed by atoms with van der Waals surface area (Å²) in [5.74, 6) is 0.142. The Morgan fingerprint density at radius 3 is 2.67 bits per heavy atom. The fourth-order valence-corrected chi connectivity index (χ4v) is 3.80. The van der Waals surface area contributed by atoms with Crippen molar-refractivity contribution in [2.45, 2.75) is 18.9 Å². The third-order valence-electron chi connectivity index (χ3n) is 4.86. The summed E-state index contributed by atoms with van der Waals surface area (Å²) in [6.07, 6.45) is 1.00. The molecule has 2 aliphatic heterocycles. The first-order valence-electron chi connectivity index (χ1n) is 8.11. The van der Waals surface area contributed by atoms with Crippen LogP contribution >= 0.6 is 0 Å². The van der Waals surface area contributed by atoms with Crippen molar-refractivity contribution in [3.63, 3.8) is 0 Å². The van der Waals surface area contributed by atoms with Crippen molar-refractivity contribution in [2.24, 2.45) is 5.92 Å². The van der Waals surface area contributed by atoms with Crippen LogP contribution in [0.5, 0.6) is 0 Å². The van der Waals surface area contributed by atoms with Crippen molar-refractivity contribution in [2.75, 3.05) is 18.4 Å². The second-order valence-electron chi connectivity index (χ2n) is 6.54. The van der Waals surface area contributed by atoms with E-state index in [0.717, 1.165) is 12.1 Å². The highest BCUT2D eigenvalue weighted by atomic mass is 19.1. The third kappa shape index (κ3) is 2.68. The summed E-state index contributed by atoms with van der Waals surface area (Å²) in [7, 11) is 0. The Hall–Kier alpha value is -2.63. The van der Waals surface area contributed by atoms with E-state index in [2.05, 4.69) is 5.32 Å². The van der Waals surface area contributed by atoms with Gasteiger partial charge in [0, 0.05) is 43.0 Å². The molecule has 2 aromatic rings. The van der Waals surface area contributed by atoms with Crippen molar-refractivity contribution in [3.05, 3.63) is 64.3 Å². The molecule has 5 nitrogen and oxygen atoms in total. The lowest BCUT2D eigenvalue weighted by Gasteiger charge is -2.42. The summed E-state index contributed by atoms with van der Waals surface area (Å²) in [6.45, 7) is 1.88. The lowest BCUT2D eigenvalue weighted by atomic mass is 9.83. The average Bonchev–Trinajstić information content (AvgIpc) is 2.58. The van der Waals surface area contributed by atoms with E-state index in [1.807, 2.05) is 10.6 Å². The van der Waals surface area contributed by atoms with Crippen LogP contribution in [0.4, 0.5) is 14.9 Å². The van der Waals surface area contributed by atoms with Gasteiger partial charge in [-0.15, -0.1) is 0 Å². The standard InChI is InChI=1S/C18H18FN3O2/c19-14-4-6-15(7-5-14)20-18(24)21-9-12-8-13(11-21)16-2-1-3-17(23)22(16)10-12/h1-7,12-13H,8-11H2,(H,20,24)/t12-,13+/m0/s1. The smallest absolute Gasteiger partial charge is 0.321 e. The van der Waals surface area contributed by atoms with Gasteiger partial charge >= 0.3 is 6.03 Å². The molecule has 1 fully saturated rings. The van der Waals surface area contributed by atoms with Crippen molar-refractivity contribution >= 4 is 11.7 Å². The molecule has 2 atom stereocenters. The zero-order valence-corrected chi connectivity index (χ0v) is 13.1. The molecule has 4 rings (SSSR count). The number of likely N-dealkylation sites (tertiary alicyclic amines) is 1. The van der Waals surface area contributed by atoms with Gasteiger partial charge in [0.2, 0.25) is 0 Å². The van der Waals surface area contributed by atoms with E-state index >= 15 is 0 Å². The Kier molecular flexibility index (Phi) is 3.59. The molecule has 0 unspecified atom stereocenters. The van der Waals surface area contributed by atoms with Crippen molar-refractivity contribution in [3.8, 4) is 0 Å². The number of hydrogen-bond donors (Lipinski definition) is 1. The van der Waals surface area contributed by atoms with Gasteiger partial charge in [-0.2, -0.15) is 0 Å². The van der Waals surface area contributed by atoms with Crippen LogP contribution in [0.2, 0.25) is 0 Å². The van der Waals surface area contributed by atoms with Gasteiger partial charge in [0.1, 0.15) is 5.82 Å². The molecular weight excluding hydrogens is 309 g/mol. The SMILES string of the molecule is O=C(Nc1ccc(F)cc1)N1C[C@@H]2C[C@H](C1)c1cccc(=O)n1C2. The van der Waals surface area contributed by atoms with Crippen LogP contribution in [0, 0.1) is 11.7 Å². The predicted octanol–water partition coefficient (Wildman–Crippen LogP) is 2.64. The van der Waals surface area contributed by atoms with E-state index in [1.54, 1.807) is 29.2 Å². The average molecular weight is 327 g/mol. The first kappa shape index (κ1) is 14.9. The summed E-state index contributed by atoms with van der Waals surface area (Å²) in [5.41, 5.74) is 1.62. The Labute approximate surface area is 138 Å². The predicted molar refractivity (Wildman–Crippen MR) is 88.5 cm³/mol. The van der Waals surface area contributed by atoms with E-state index in [4.69, 9.17) is 0 Å². The van der Waals surface area contributed by atoms with Crippen LogP contribution in [0.25, 0.3) is 0 Å². The second-order valence-corrected chi connectivity index (χ2v) is 6.54. The van der Waals surface area contributed by atoms with Gasteiger partial charge in [-0.05, 0) is 42.7 Å². The van der Waals surface area contributed by atoms with Crippen molar-refractivity contribution in [1.29, 1.82) is 0 Å². The molecule has 0 saturated carbocycles. The van der Waals surface area contributed by atoms with Gasteiger partial charge in [0.25, 0.3) is 5.56 Å². The van der Waals surface area contributed by atoms with E-state index in [1.165, 1.54) is 12.1 Å². The molecule has 2 amide bonds. The molecule has 0 spiro atoms. The number of anilines is 1. The molecule has 2 bridgehead atoms. The molecule has 1 aromatic heterocycles. The summed E-state index contributed by atoms with van der Waals surface area (Å²) in [6, 6.07) is 10.9. The summed E-state index contributed by atoms with van der Waals surface area (Å²) < 4.78 is 14.8. The summed E-state index contributed by atoms with van der Waals surface area (Å²) >= 11 is 0. The van der Waals surface area contributed by atoms with Gasteiger partial charge in [0.15, 0.2) is 0 Å². The van der Waals surface area contributed by atoms with Gasteiger partial charge in [-0.1, -0.05) is 6.07 Å². The number of urea groups is 1. The lowest BCUT2D eigenvalue weighted by molar-refractivity contribution is 0.139. The van der Waals surface area contributed by atoms with E-state index in [0.29, 0.717) is 25.3 Å². The largest absolute Gasteiger partial charge is 0.324 e. The van der Waals surface area contributed by atoms with E-state index in [-0.39, 0.29) is 29.2 Å². The van der Waals surface area contributed by atoms with Gasteiger partial charge in [0.05, 0.1) is 0 Å². The number of piperidine rings is 1.